The summed E-state index contributed by atoms with van der Waals surface area (Å²) >= 11 is 0. The molecule has 112 valence electrons. The molecule has 0 aliphatic rings. The van der Waals surface area contributed by atoms with Crippen LogP contribution >= 0.6 is 0 Å². The van der Waals surface area contributed by atoms with Crippen molar-refractivity contribution in [1.82, 2.24) is 4.90 Å². The molecule has 0 saturated carbocycles. The van der Waals surface area contributed by atoms with Gasteiger partial charge in [0.1, 0.15) is 0 Å². The van der Waals surface area contributed by atoms with Gasteiger partial charge in [0, 0.05) is 18.7 Å². The molecule has 20 heavy (non-hydrogen) atoms. The third kappa shape index (κ3) is 4.03. The molecule has 0 fully saturated rings. The van der Waals surface area contributed by atoms with Gasteiger partial charge < -0.3 is 24.2 Å². The number of ether oxygens (including phenoxy) is 3. The maximum Gasteiger partial charge on any atom is 0.304 e. The van der Waals surface area contributed by atoms with Crippen LogP contribution in [0, 0.1) is 0 Å². The number of benzene rings is 1. The van der Waals surface area contributed by atoms with Gasteiger partial charge in [-0.2, -0.15) is 0 Å². The Balaban J connectivity index is 2.92. The van der Waals surface area contributed by atoms with Crippen molar-refractivity contribution in [3.8, 4) is 17.2 Å². The first-order valence-corrected chi connectivity index (χ1v) is 6.21. The average Bonchev–Trinajstić information content (AvgIpc) is 2.44. The van der Waals surface area contributed by atoms with Crippen molar-refractivity contribution in [3.63, 3.8) is 0 Å². The molecule has 1 rings (SSSR count). The molecule has 0 radical (unpaired) electrons. The lowest BCUT2D eigenvalue weighted by Crippen LogP contribution is -2.21. The van der Waals surface area contributed by atoms with E-state index in [-0.39, 0.29) is 6.42 Å². The monoisotopic (exact) mass is 283 g/mol. The van der Waals surface area contributed by atoms with E-state index in [0.29, 0.717) is 30.3 Å². The summed E-state index contributed by atoms with van der Waals surface area (Å²) in [6, 6.07) is 3.69. The molecule has 0 amide bonds. The van der Waals surface area contributed by atoms with Crippen molar-refractivity contribution in [1.29, 1.82) is 0 Å². The summed E-state index contributed by atoms with van der Waals surface area (Å²) in [6.07, 6.45) is 0.103. The summed E-state index contributed by atoms with van der Waals surface area (Å²) in [5.41, 5.74) is 0.915. The second-order valence-corrected chi connectivity index (χ2v) is 4.37. The standard InChI is InChI=1S/C14H21NO5/c1-15(8-7-12(16)17)9-10-5-6-11(18-2)14(20-4)13(10)19-3/h5-6H,7-9H2,1-4H3,(H,16,17). The minimum Gasteiger partial charge on any atom is -0.493 e. The van der Waals surface area contributed by atoms with Crippen molar-refractivity contribution in [3.05, 3.63) is 17.7 Å². The number of aliphatic carboxylic acids is 1. The van der Waals surface area contributed by atoms with E-state index in [1.54, 1.807) is 21.3 Å². The fraction of sp³-hybridized carbons (Fsp3) is 0.500. The smallest absolute Gasteiger partial charge is 0.304 e. The van der Waals surface area contributed by atoms with Crippen molar-refractivity contribution in [2.75, 3.05) is 34.9 Å². The van der Waals surface area contributed by atoms with Gasteiger partial charge in [-0.05, 0) is 13.1 Å². The zero-order valence-corrected chi connectivity index (χ0v) is 12.3. The fourth-order valence-electron chi connectivity index (χ4n) is 1.94. The van der Waals surface area contributed by atoms with E-state index in [4.69, 9.17) is 19.3 Å². The highest BCUT2D eigenvalue weighted by atomic mass is 16.5. The molecule has 6 heteroatoms. The largest absolute Gasteiger partial charge is 0.493 e. The third-order valence-corrected chi connectivity index (χ3v) is 2.93. The molecular formula is C14H21NO5. The van der Waals surface area contributed by atoms with Crippen molar-refractivity contribution >= 4 is 5.97 Å². The van der Waals surface area contributed by atoms with E-state index in [0.717, 1.165) is 5.56 Å². The molecule has 0 heterocycles. The van der Waals surface area contributed by atoms with Crippen molar-refractivity contribution < 1.29 is 24.1 Å². The molecule has 0 aromatic heterocycles. The number of carboxylic acids is 1. The number of carbonyl (C=O) groups is 1. The van der Waals surface area contributed by atoms with Crippen LogP contribution in [0.3, 0.4) is 0 Å². The van der Waals surface area contributed by atoms with E-state index in [1.807, 2.05) is 24.1 Å². The van der Waals surface area contributed by atoms with Crippen LogP contribution < -0.4 is 14.2 Å². The fourth-order valence-corrected chi connectivity index (χ4v) is 1.94. The molecule has 0 unspecified atom stereocenters. The highest BCUT2D eigenvalue weighted by Gasteiger charge is 2.16. The summed E-state index contributed by atoms with van der Waals surface area (Å²) in [5.74, 6) is 0.936. The first kappa shape index (κ1) is 16.1. The second-order valence-electron chi connectivity index (χ2n) is 4.37. The zero-order valence-electron chi connectivity index (χ0n) is 12.3. The minimum absolute atomic E-state index is 0.103. The van der Waals surface area contributed by atoms with Crippen molar-refractivity contribution in [2.45, 2.75) is 13.0 Å². The zero-order chi connectivity index (χ0) is 15.1. The maximum atomic E-state index is 10.6. The van der Waals surface area contributed by atoms with E-state index < -0.39 is 5.97 Å². The van der Waals surface area contributed by atoms with Crippen LogP contribution in [0.2, 0.25) is 0 Å². The summed E-state index contributed by atoms with van der Waals surface area (Å²) in [7, 11) is 6.55. The Hall–Kier alpha value is -1.95. The lowest BCUT2D eigenvalue weighted by molar-refractivity contribution is -0.137. The Morgan fingerprint density at radius 3 is 2.30 bits per heavy atom. The molecular weight excluding hydrogens is 262 g/mol. The van der Waals surface area contributed by atoms with Crippen LogP contribution in [0.5, 0.6) is 17.2 Å². The third-order valence-electron chi connectivity index (χ3n) is 2.93. The maximum absolute atomic E-state index is 10.6. The Kier molecular flexibility index (Phi) is 6.11. The van der Waals surface area contributed by atoms with E-state index in [9.17, 15) is 4.79 Å². The first-order chi connectivity index (χ1) is 9.53. The number of carboxylic acid groups (broad SMARTS) is 1. The first-order valence-electron chi connectivity index (χ1n) is 6.21. The Labute approximate surface area is 118 Å². The Morgan fingerprint density at radius 2 is 1.80 bits per heavy atom. The van der Waals surface area contributed by atoms with Gasteiger partial charge in [0.15, 0.2) is 11.5 Å². The summed E-state index contributed by atoms with van der Waals surface area (Å²) in [5, 5.41) is 8.69. The highest BCUT2D eigenvalue weighted by Crippen LogP contribution is 2.40. The predicted molar refractivity (Wildman–Crippen MR) is 74.7 cm³/mol. The number of hydrogen-bond donors (Lipinski definition) is 1. The molecule has 0 atom stereocenters. The molecule has 1 aromatic rings. The molecule has 0 saturated heterocycles. The minimum atomic E-state index is -0.809. The van der Waals surface area contributed by atoms with Crippen LogP contribution in [0.15, 0.2) is 12.1 Å². The highest BCUT2D eigenvalue weighted by molar-refractivity contribution is 5.66. The summed E-state index contributed by atoms with van der Waals surface area (Å²) in [6.45, 7) is 1.03. The van der Waals surface area contributed by atoms with Gasteiger partial charge in [-0.25, -0.2) is 0 Å². The lowest BCUT2D eigenvalue weighted by atomic mass is 10.1. The second kappa shape index (κ2) is 7.59. The predicted octanol–water partition coefficient (Wildman–Crippen LogP) is 1.62. The molecule has 0 aliphatic carbocycles. The van der Waals surface area contributed by atoms with Crippen LogP contribution in [0.4, 0.5) is 0 Å². The van der Waals surface area contributed by atoms with Gasteiger partial charge in [-0.1, -0.05) is 6.07 Å². The molecule has 0 spiro atoms. The van der Waals surface area contributed by atoms with Gasteiger partial charge in [0.05, 0.1) is 27.8 Å². The molecule has 1 aromatic carbocycles. The van der Waals surface area contributed by atoms with Gasteiger partial charge in [0.25, 0.3) is 0 Å². The number of hydrogen-bond acceptors (Lipinski definition) is 5. The van der Waals surface area contributed by atoms with Gasteiger partial charge >= 0.3 is 5.97 Å². The van der Waals surface area contributed by atoms with Gasteiger partial charge in [-0.15, -0.1) is 0 Å². The van der Waals surface area contributed by atoms with E-state index in [1.165, 1.54) is 0 Å². The molecule has 1 N–H and O–H groups in total. The number of methoxy groups -OCH3 is 3. The van der Waals surface area contributed by atoms with E-state index in [2.05, 4.69) is 0 Å². The van der Waals surface area contributed by atoms with Crippen LogP contribution in [-0.4, -0.2) is 50.9 Å². The summed E-state index contributed by atoms with van der Waals surface area (Å²) in [4.78, 5) is 12.5. The normalized spacial score (nSPS) is 10.4. The SMILES string of the molecule is COc1ccc(CN(C)CCC(=O)O)c(OC)c1OC. The average molecular weight is 283 g/mol. The van der Waals surface area contributed by atoms with Gasteiger partial charge in [-0.3, -0.25) is 4.79 Å². The van der Waals surface area contributed by atoms with Crippen LogP contribution in [0.25, 0.3) is 0 Å². The molecule has 6 nitrogen and oxygen atoms in total. The van der Waals surface area contributed by atoms with Gasteiger partial charge in [0.2, 0.25) is 5.75 Å². The molecule has 0 bridgehead atoms. The van der Waals surface area contributed by atoms with E-state index >= 15 is 0 Å². The summed E-state index contributed by atoms with van der Waals surface area (Å²) < 4.78 is 15.9. The number of rotatable bonds is 8. The van der Waals surface area contributed by atoms with Crippen molar-refractivity contribution in [2.24, 2.45) is 0 Å². The van der Waals surface area contributed by atoms with Crippen LogP contribution in [-0.2, 0) is 11.3 Å². The topological polar surface area (TPSA) is 68.2 Å². The van der Waals surface area contributed by atoms with Crippen LogP contribution in [0.1, 0.15) is 12.0 Å². The Bertz CT molecular complexity index is 461. The molecule has 0 aliphatic heterocycles. The Morgan fingerprint density at radius 1 is 1.15 bits per heavy atom. The lowest BCUT2D eigenvalue weighted by Gasteiger charge is -2.20. The quantitative estimate of drug-likeness (QED) is 0.782. The number of nitrogens with zero attached hydrogens (tertiary/aromatic N) is 1.